The van der Waals surface area contributed by atoms with Gasteiger partial charge in [0.25, 0.3) is 0 Å². The van der Waals surface area contributed by atoms with Gasteiger partial charge in [0.1, 0.15) is 0 Å². The van der Waals surface area contributed by atoms with E-state index < -0.39 is 10.0 Å². The van der Waals surface area contributed by atoms with Crippen molar-refractivity contribution in [2.75, 3.05) is 6.26 Å². The largest absolute Gasteiger partial charge is 0.162 e. The highest BCUT2D eigenvalue weighted by atomic mass is 79.9. The lowest BCUT2D eigenvalue weighted by Crippen LogP contribution is -2.01. The summed E-state index contributed by atoms with van der Waals surface area (Å²) in [6, 6.07) is 24.1. The first-order chi connectivity index (χ1) is 10.1. The van der Waals surface area contributed by atoms with Crippen LogP contribution in [-0.2, 0) is 0 Å². The van der Waals surface area contributed by atoms with E-state index in [4.69, 9.17) is 0 Å². The molecular formula is C18H17BrS2. The Morgan fingerprint density at radius 2 is 1.33 bits per heavy atom. The lowest BCUT2D eigenvalue weighted by Gasteiger charge is -2.37. The fourth-order valence-corrected chi connectivity index (χ4v) is 8.16. The summed E-state index contributed by atoms with van der Waals surface area (Å²) < 4.78 is 1.21. The quantitative estimate of drug-likeness (QED) is 0.475. The highest BCUT2D eigenvalue weighted by molar-refractivity contribution is 9.11. The summed E-state index contributed by atoms with van der Waals surface area (Å²) in [4.78, 5) is 5.66. The second-order valence-corrected chi connectivity index (χ2v) is 10.9. The van der Waals surface area contributed by atoms with Crippen LogP contribution in [0.3, 0.4) is 0 Å². The van der Waals surface area contributed by atoms with Crippen LogP contribution in [-0.4, -0.2) is 6.26 Å². The first-order valence-corrected chi connectivity index (χ1v) is 10.4. The molecule has 0 fully saturated rings. The van der Waals surface area contributed by atoms with E-state index in [0.717, 1.165) is 0 Å². The Hall–Kier alpha value is -1.03. The van der Waals surface area contributed by atoms with Crippen molar-refractivity contribution in [3.63, 3.8) is 0 Å². The van der Waals surface area contributed by atoms with Crippen LogP contribution in [0.1, 0.15) is 4.88 Å². The highest BCUT2D eigenvalue weighted by Gasteiger charge is 2.28. The van der Waals surface area contributed by atoms with Gasteiger partial charge in [0.2, 0.25) is 0 Å². The minimum Gasteiger partial charge on any atom is -0.162 e. The standard InChI is InChI=1S/C18H17BrS2/c1-14-17(13-18(19)20-14)21(2,15-9-5-3-6-10-15)16-11-7-4-8-12-16/h3-13H,1-2H3. The Balaban J connectivity index is 2.28. The lowest BCUT2D eigenvalue weighted by molar-refractivity contribution is 1.28. The van der Waals surface area contributed by atoms with Crippen molar-refractivity contribution in [3.05, 3.63) is 75.4 Å². The fourth-order valence-electron chi connectivity index (χ4n) is 2.61. The van der Waals surface area contributed by atoms with E-state index >= 15 is 0 Å². The van der Waals surface area contributed by atoms with Gasteiger partial charge in [0, 0.05) is 9.77 Å². The van der Waals surface area contributed by atoms with Gasteiger partial charge < -0.3 is 0 Å². The molecule has 0 bridgehead atoms. The van der Waals surface area contributed by atoms with Gasteiger partial charge in [-0.1, -0.05) is 36.4 Å². The summed E-state index contributed by atoms with van der Waals surface area (Å²) in [5.74, 6) is 0. The molecule has 1 heterocycles. The third-order valence-corrected chi connectivity index (χ3v) is 9.13. The molecule has 3 heteroatoms. The Morgan fingerprint density at radius 1 is 0.857 bits per heavy atom. The van der Waals surface area contributed by atoms with Gasteiger partial charge in [-0.25, -0.2) is 0 Å². The van der Waals surface area contributed by atoms with E-state index in [1.165, 1.54) is 23.4 Å². The second kappa shape index (κ2) is 5.99. The summed E-state index contributed by atoms with van der Waals surface area (Å²) in [5, 5.41) is 0. The highest BCUT2D eigenvalue weighted by Crippen LogP contribution is 2.67. The third-order valence-electron chi connectivity index (χ3n) is 3.71. The minimum absolute atomic E-state index is 1.20. The summed E-state index contributed by atoms with van der Waals surface area (Å²) >= 11 is 5.48. The number of hydrogen-bond donors (Lipinski definition) is 0. The van der Waals surface area contributed by atoms with Crippen molar-refractivity contribution in [1.82, 2.24) is 0 Å². The Labute approximate surface area is 140 Å². The number of hydrogen-bond acceptors (Lipinski definition) is 1. The van der Waals surface area contributed by atoms with Gasteiger partial charge in [-0.05, 0) is 69.2 Å². The fraction of sp³-hybridized carbons (Fsp3) is 0.111. The third kappa shape index (κ3) is 2.70. The molecule has 3 rings (SSSR count). The van der Waals surface area contributed by atoms with E-state index in [9.17, 15) is 0 Å². The van der Waals surface area contributed by atoms with Gasteiger partial charge in [-0.3, -0.25) is 0 Å². The maximum Gasteiger partial charge on any atom is 0.0712 e. The van der Waals surface area contributed by atoms with Gasteiger partial charge in [-0.15, -0.1) is 11.3 Å². The first kappa shape index (κ1) is 14.9. The predicted molar refractivity (Wildman–Crippen MR) is 98.0 cm³/mol. The molecule has 2 aromatic carbocycles. The second-order valence-electron chi connectivity index (χ2n) is 5.02. The first-order valence-electron chi connectivity index (χ1n) is 6.77. The normalized spacial score (nSPS) is 12.3. The molecular weight excluding hydrogens is 360 g/mol. The van der Waals surface area contributed by atoms with E-state index in [1.807, 2.05) is 11.3 Å². The van der Waals surface area contributed by atoms with Crippen LogP contribution >= 0.6 is 37.3 Å². The maximum atomic E-state index is 3.65. The van der Waals surface area contributed by atoms with Gasteiger partial charge in [-0.2, -0.15) is 10.0 Å². The average molecular weight is 377 g/mol. The number of thiophene rings is 1. The number of aryl methyl sites for hydroxylation is 1. The zero-order valence-corrected chi connectivity index (χ0v) is 15.3. The van der Waals surface area contributed by atoms with Crippen LogP contribution in [0, 0.1) is 6.92 Å². The average Bonchev–Trinajstić information content (AvgIpc) is 2.87. The molecule has 3 aromatic rings. The van der Waals surface area contributed by atoms with Gasteiger partial charge >= 0.3 is 0 Å². The molecule has 0 unspecified atom stereocenters. The van der Waals surface area contributed by atoms with Crippen LogP contribution in [0.4, 0.5) is 0 Å². The molecule has 0 aliphatic carbocycles. The molecule has 0 N–H and O–H groups in total. The van der Waals surface area contributed by atoms with Crippen LogP contribution < -0.4 is 0 Å². The molecule has 0 saturated heterocycles. The van der Waals surface area contributed by atoms with Crippen LogP contribution in [0.5, 0.6) is 0 Å². The van der Waals surface area contributed by atoms with E-state index in [0.29, 0.717) is 0 Å². The molecule has 0 nitrogen and oxygen atoms in total. The molecule has 108 valence electrons. The van der Waals surface area contributed by atoms with Gasteiger partial charge in [0.05, 0.1) is 3.79 Å². The van der Waals surface area contributed by atoms with Crippen LogP contribution in [0.15, 0.2) is 85.2 Å². The van der Waals surface area contributed by atoms with Crippen LogP contribution in [0.25, 0.3) is 0 Å². The number of halogens is 1. The molecule has 0 spiro atoms. The van der Waals surface area contributed by atoms with E-state index in [-0.39, 0.29) is 0 Å². The van der Waals surface area contributed by atoms with Crippen molar-refractivity contribution >= 4 is 37.3 Å². The monoisotopic (exact) mass is 376 g/mol. The molecule has 0 amide bonds. The van der Waals surface area contributed by atoms with Crippen molar-refractivity contribution in [2.24, 2.45) is 0 Å². The molecule has 0 radical (unpaired) electrons. The van der Waals surface area contributed by atoms with Gasteiger partial charge in [0.15, 0.2) is 0 Å². The maximum absolute atomic E-state index is 3.65. The SMILES string of the molecule is Cc1sc(Br)cc1S(C)(c1ccccc1)c1ccccc1. The van der Waals surface area contributed by atoms with Crippen molar-refractivity contribution in [3.8, 4) is 0 Å². The molecule has 0 aliphatic heterocycles. The zero-order valence-electron chi connectivity index (χ0n) is 12.0. The van der Waals surface area contributed by atoms with Crippen LogP contribution in [0.2, 0.25) is 0 Å². The number of rotatable bonds is 3. The van der Waals surface area contributed by atoms with Crippen molar-refractivity contribution < 1.29 is 0 Å². The number of benzene rings is 2. The summed E-state index contributed by atoms with van der Waals surface area (Å²) in [5.41, 5.74) is 0. The molecule has 0 atom stereocenters. The minimum atomic E-state index is -1.20. The smallest absolute Gasteiger partial charge is 0.0712 e. The summed E-state index contributed by atoms with van der Waals surface area (Å²) in [7, 11) is -1.20. The van der Waals surface area contributed by atoms with Crippen molar-refractivity contribution in [2.45, 2.75) is 21.6 Å². The molecule has 1 aromatic heterocycles. The zero-order chi connectivity index (χ0) is 14.9. The Bertz CT molecular complexity index is 693. The van der Waals surface area contributed by atoms with E-state index in [2.05, 4.69) is 95.8 Å². The molecule has 21 heavy (non-hydrogen) atoms. The summed E-state index contributed by atoms with van der Waals surface area (Å²) in [6.07, 6.45) is 2.40. The Kier molecular flexibility index (Phi) is 4.25. The summed E-state index contributed by atoms with van der Waals surface area (Å²) in [6.45, 7) is 2.22. The van der Waals surface area contributed by atoms with Crippen molar-refractivity contribution in [1.29, 1.82) is 0 Å². The lowest BCUT2D eigenvalue weighted by atomic mass is 10.4. The van der Waals surface area contributed by atoms with E-state index in [1.54, 1.807) is 0 Å². The predicted octanol–water partition coefficient (Wildman–Crippen LogP) is 6.73. The molecule has 0 saturated carbocycles. The molecule has 0 aliphatic rings. The Morgan fingerprint density at radius 3 is 1.71 bits per heavy atom. The topological polar surface area (TPSA) is 0 Å².